The number of carboxylic acids is 1. The fourth-order valence-electron chi connectivity index (χ4n) is 1.22. The largest absolute Gasteiger partial charge is 0.480 e. The summed E-state index contributed by atoms with van der Waals surface area (Å²) in [6.45, 7) is 5.14. The zero-order chi connectivity index (χ0) is 13.8. The van der Waals surface area contributed by atoms with Crippen molar-refractivity contribution in [1.82, 2.24) is 20.5 Å². The van der Waals surface area contributed by atoms with Crippen LogP contribution in [0.3, 0.4) is 0 Å². The first kappa shape index (κ1) is 13.8. The van der Waals surface area contributed by atoms with Crippen LogP contribution in [0, 0.1) is 5.41 Å². The van der Waals surface area contributed by atoms with Gasteiger partial charge in [-0.2, -0.15) is 5.10 Å². The molecule has 18 heavy (non-hydrogen) atoms. The van der Waals surface area contributed by atoms with Crippen molar-refractivity contribution in [2.75, 3.05) is 5.32 Å². The molecule has 1 aromatic heterocycles. The van der Waals surface area contributed by atoms with E-state index >= 15 is 0 Å². The molecule has 0 bridgehead atoms. The summed E-state index contributed by atoms with van der Waals surface area (Å²) < 4.78 is 0. The molecule has 0 saturated carbocycles. The molecule has 1 atom stereocenters. The van der Waals surface area contributed by atoms with E-state index in [2.05, 4.69) is 25.8 Å². The number of anilines is 1. The van der Waals surface area contributed by atoms with Gasteiger partial charge in [-0.25, -0.2) is 14.6 Å². The van der Waals surface area contributed by atoms with Crippen LogP contribution in [0.2, 0.25) is 0 Å². The SMILES string of the molecule is CC(C)(C)[C@H](NC(=O)Nc1nccnn1)C(=O)O. The topological polar surface area (TPSA) is 117 Å². The van der Waals surface area contributed by atoms with Crippen molar-refractivity contribution in [2.24, 2.45) is 5.41 Å². The molecule has 1 heterocycles. The average Bonchev–Trinajstić information content (AvgIpc) is 2.25. The minimum Gasteiger partial charge on any atom is -0.480 e. The molecule has 98 valence electrons. The lowest BCUT2D eigenvalue weighted by atomic mass is 9.87. The Morgan fingerprint density at radius 2 is 2.00 bits per heavy atom. The fraction of sp³-hybridized carbons (Fsp3) is 0.500. The predicted octanol–water partition coefficient (Wildman–Crippen LogP) is 0.492. The summed E-state index contributed by atoms with van der Waals surface area (Å²) in [5, 5.41) is 20.8. The van der Waals surface area contributed by atoms with Gasteiger partial charge in [0.15, 0.2) is 0 Å². The summed E-state index contributed by atoms with van der Waals surface area (Å²) >= 11 is 0. The number of aromatic nitrogens is 3. The summed E-state index contributed by atoms with van der Waals surface area (Å²) in [6, 6.07) is -1.71. The molecule has 0 fully saturated rings. The van der Waals surface area contributed by atoms with Gasteiger partial charge in [-0.05, 0) is 5.41 Å². The minimum atomic E-state index is -1.11. The van der Waals surface area contributed by atoms with Gasteiger partial charge in [-0.3, -0.25) is 5.32 Å². The lowest BCUT2D eigenvalue weighted by molar-refractivity contribution is -0.141. The highest BCUT2D eigenvalue weighted by molar-refractivity contribution is 5.91. The van der Waals surface area contributed by atoms with Gasteiger partial charge in [0, 0.05) is 0 Å². The summed E-state index contributed by atoms with van der Waals surface area (Å²) in [5.74, 6) is -1.10. The van der Waals surface area contributed by atoms with Gasteiger partial charge in [0.25, 0.3) is 5.95 Å². The average molecular weight is 253 g/mol. The third-order valence-electron chi connectivity index (χ3n) is 2.10. The molecule has 0 aliphatic rings. The summed E-state index contributed by atoms with van der Waals surface area (Å²) in [4.78, 5) is 26.4. The number of amides is 2. The molecule has 0 radical (unpaired) electrons. The molecule has 0 unspecified atom stereocenters. The first-order valence-electron chi connectivity index (χ1n) is 5.24. The number of aliphatic carboxylic acids is 1. The Labute approximate surface area is 104 Å². The first-order chi connectivity index (χ1) is 8.30. The molecule has 3 N–H and O–H groups in total. The van der Waals surface area contributed by atoms with Crippen LogP contribution in [0.5, 0.6) is 0 Å². The predicted molar refractivity (Wildman–Crippen MR) is 62.9 cm³/mol. The highest BCUT2D eigenvalue weighted by atomic mass is 16.4. The Morgan fingerprint density at radius 3 is 2.44 bits per heavy atom. The van der Waals surface area contributed by atoms with E-state index in [1.165, 1.54) is 12.4 Å². The van der Waals surface area contributed by atoms with Crippen molar-refractivity contribution in [1.29, 1.82) is 0 Å². The van der Waals surface area contributed by atoms with E-state index < -0.39 is 23.5 Å². The van der Waals surface area contributed by atoms with Crippen LogP contribution in [0.4, 0.5) is 10.7 Å². The van der Waals surface area contributed by atoms with E-state index in [9.17, 15) is 9.59 Å². The normalized spacial score (nSPS) is 12.6. The molecule has 0 aliphatic carbocycles. The molecule has 2 amide bonds. The molecule has 0 aromatic carbocycles. The minimum absolute atomic E-state index is 0.00745. The summed E-state index contributed by atoms with van der Waals surface area (Å²) in [5.41, 5.74) is -0.612. The quantitative estimate of drug-likeness (QED) is 0.721. The number of rotatable bonds is 3. The van der Waals surface area contributed by atoms with Crippen molar-refractivity contribution in [2.45, 2.75) is 26.8 Å². The van der Waals surface area contributed by atoms with Crippen LogP contribution >= 0.6 is 0 Å². The molecular formula is C10H15N5O3. The molecule has 0 saturated heterocycles. The highest BCUT2D eigenvalue weighted by Gasteiger charge is 2.32. The van der Waals surface area contributed by atoms with Crippen LogP contribution < -0.4 is 10.6 Å². The van der Waals surface area contributed by atoms with Crippen LogP contribution in [-0.4, -0.2) is 38.3 Å². The fourth-order valence-corrected chi connectivity index (χ4v) is 1.22. The van der Waals surface area contributed by atoms with Gasteiger partial charge in [0.2, 0.25) is 0 Å². The monoisotopic (exact) mass is 253 g/mol. The number of carbonyl (C=O) groups is 2. The molecule has 8 nitrogen and oxygen atoms in total. The van der Waals surface area contributed by atoms with E-state index in [4.69, 9.17) is 5.11 Å². The molecule has 0 aliphatic heterocycles. The molecule has 8 heteroatoms. The molecule has 0 spiro atoms. The Balaban J connectivity index is 2.66. The second kappa shape index (κ2) is 5.39. The van der Waals surface area contributed by atoms with E-state index in [0.717, 1.165) is 0 Å². The third kappa shape index (κ3) is 3.96. The molecular weight excluding hydrogens is 238 g/mol. The second-order valence-electron chi connectivity index (χ2n) is 4.70. The highest BCUT2D eigenvalue weighted by Crippen LogP contribution is 2.19. The Kier molecular flexibility index (Phi) is 4.13. The van der Waals surface area contributed by atoms with Gasteiger partial charge < -0.3 is 10.4 Å². The zero-order valence-electron chi connectivity index (χ0n) is 10.3. The van der Waals surface area contributed by atoms with Gasteiger partial charge in [0.05, 0.1) is 12.4 Å². The van der Waals surface area contributed by atoms with E-state index in [0.29, 0.717) is 0 Å². The van der Waals surface area contributed by atoms with Crippen molar-refractivity contribution in [3.63, 3.8) is 0 Å². The lowest BCUT2D eigenvalue weighted by Crippen LogP contribution is -2.50. The van der Waals surface area contributed by atoms with Crippen LogP contribution in [-0.2, 0) is 4.79 Å². The number of nitrogens with one attached hydrogen (secondary N) is 2. The third-order valence-corrected chi connectivity index (χ3v) is 2.10. The van der Waals surface area contributed by atoms with Crippen molar-refractivity contribution >= 4 is 17.9 Å². The Hall–Kier alpha value is -2.25. The smallest absolute Gasteiger partial charge is 0.326 e. The van der Waals surface area contributed by atoms with E-state index in [1.54, 1.807) is 20.8 Å². The number of hydrogen-bond donors (Lipinski definition) is 3. The zero-order valence-corrected chi connectivity index (χ0v) is 10.3. The number of hydrogen-bond acceptors (Lipinski definition) is 5. The van der Waals surface area contributed by atoms with Crippen LogP contribution in [0.1, 0.15) is 20.8 Å². The Morgan fingerprint density at radius 1 is 1.33 bits per heavy atom. The van der Waals surface area contributed by atoms with E-state index in [-0.39, 0.29) is 5.95 Å². The van der Waals surface area contributed by atoms with Crippen molar-refractivity contribution < 1.29 is 14.7 Å². The van der Waals surface area contributed by atoms with Crippen molar-refractivity contribution in [3.8, 4) is 0 Å². The summed E-state index contributed by atoms with van der Waals surface area (Å²) in [6.07, 6.45) is 2.72. The maximum Gasteiger partial charge on any atom is 0.326 e. The standard InChI is InChI=1S/C10H15N5O3/c1-10(2,3)6(7(16)17)13-9(18)14-8-11-4-5-12-15-8/h4-6H,1-3H3,(H,16,17)(H2,11,13,14,15,18)/t6-/m1/s1. The number of nitrogens with zero attached hydrogens (tertiary/aromatic N) is 3. The Bertz CT molecular complexity index is 429. The van der Waals surface area contributed by atoms with Crippen LogP contribution in [0.25, 0.3) is 0 Å². The lowest BCUT2D eigenvalue weighted by Gasteiger charge is -2.27. The van der Waals surface area contributed by atoms with E-state index in [1.807, 2.05) is 0 Å². The maximum atomic E-state index is 11.6. The second-order valence-corrected chi connectivity index (χ2v) is 4.70. The molecule has 1 aromatic rings. The number of urea groups is 1. The van der Waals surface area contributed by atoms with Crippen LogP contribution in [0.15, 0.2) is 12.4 Å². The first-order valence-corrected chi connectivity index (χ1v) is 5.24. The maximum absolute atomic E-state index is 11.6. The van der Waals surface area contributed by atoms with Crippen molar-refractivity contribution in [3.05, 3.63) is 12.4 Å². The van der Waals surface area contributed by atoms with Gasteiger partial charge in [0.1, 0.15) is 6.04 Å². The number of carbonyl (C=O) groups excluding carboxylic acids is 1. The van der Waals surface area contributed by atoms with Gasteiger partial charge in [-0.15, -0.1) is 5.10 Å². The molecule has 1 rings (SSSR count). The number of carboxylic acid groups (broad SMARTS) is 1. The van der Waals surface area contributed by atoms with Gasteiger partial charge in [-0.1, -0.05) is 20.8 Å². The summed E-state index contributed by atoms with van der Waals surface area (Å²) in [7, 11) is 0. The van der Waals surface area contributed by atoms with Gasteiger partial charge >= 0.3 is 12.0 Å².